The van der Waals surface area contributed by atoms with Gasteiger partial charge in [-0.15, -0.1) is 0 Å². The molecule has 0 fully saturated rings. The van der Waals surface area contributed by atoms with Gasteiger partial charge in [0.25, 0.3) is 5.91 Å². The van der Waals surface area contributed by atoms with Crippen molar-refractivity contribution in [2.24, 2.45) is 0 Å². The normalized spacial score (nSPS) is 11.9. The number of amides is 1. The molecule has 3 rings (SSSR count). The van der Waals surface area contributed by atoms with Gasteiger partial charge in [-0.25, -0.2) is 8.42 Å². The fourth-order valence-corrected chi connectivity index (χ4v) is 4.48. The van der Waals surface area contributed by atoms with Crippen LogP contribution in [0.15, 0.2) is 95.9 Å². The van der Waals surface area contributed by atoms with Crippen molar-refractivity contribution in [3.63, 3.8) is 0 Å². The molecule has 3 aromatic carbocycles. The summed E-state index contributed by atoms with van der Waals surface area (Å²) >= 11 is 5.21. The van der Waals surface area contributed by atoms with E-state index in [9.17, 15) is 13.2 Å². The lowest BCUT2D eigenvalue weighted by Gasteiger charge is -2.20. The van der Waals surface area contributed by atoms with Crippen LogP contribution in [-0.2, 0) is 27.7 Å². The highest BCUT2D eigenvalue weighted by Gasteiger charge is 2.26. The van der Waals surface area contributed by atoms with Crippen LogP contribution in [0.2, 0.25) is 0 Å². The number of carbonyl (C=O) groups excluding carboxylic acids is 1. The highest BCUT2D eigenvalue weighted by atomic mass is 32.2. The van der Waals surface area contributed by atoms with E-state index in [2.05, 4.69) is 20.9 Å². The van der Waals surface area contributed by atoms with Gasteiger partial charge >= 0.3 is 0 Å². The average molecular weight is 483 g/mol. The highest BCUT2D eigenvalue weighted by molar-refractivity contribution is 7.89. The zero-order chi connectivity index (χ0) is 23.5. The molecule has 0 aliphatic heterocycles. The van der Waals surface area contributed by atoms with Gasteiger partial charge in [0.1, 0.15) is 6.04 Å². The maximum atomic E-state index is 12.9. The first-order chi connectivity index (χ1) is 15.9. The van der Waals surface area contributed by atoms with Crippen molar-refractivity contribution < 1.29 is 13.2 Å². The Morgan fingerprint density at radius 1 is 0.788 bits per heavy atom. The molecule has 0 saturated heterocycles. The van der Waals surface area contributed by atoms with Crippen LogP contribution in [0.5, 0.6) is 0 Å². The van der Waals surface area contributed by atoms with Gasteiger partial charge in [0.05, 0.1) is 4.90 Å². The molecule has 0 aromatic heterocycles. The predicted molar refractivity (Wildman–Crippen MR) is 133 cm³/mol. The topological polar surface area (TPSA) is 99.3 Å². The molecule has 1 amide bonds. The minimum absolute atomic E-state index is 0.0851. The van der Waals surface area contributed by atoms with Crippen LogP contribution in [0.3, 0.4) is 0 Å². The number of hydrazine groups is 1. The standard InChI is InChI=1S/C24H26N4O3S2/c29-23(26-27-24(32)25-17-16-19-10-4-1-5-11-19)22(18-20-12-6-2-7-13-20)28-33(30,31)21-14-8-3-9-15-21/h1-15,22,28H,16-18H2,(H,26,29)(H2,25,27,32)/t22-/m0/s1. The number of hydrogen-bond acceptors (Lipinski definition) is 4. The van der Waals surface area contributed by atoms with Crippen LogP contribution in [0.4, 0.5) is 0 Å². The summed E-state index contributed by atoms with van der Waals surface area (Å²) in [6.07, 6.45) is 0.943. The first-order valence-corrected chi connectivity index (χ1v) is 12.3. The van der Waals surface area contributed by atoms with E-state index in [-0.39, 0.29) is 16.4 Å². The lowest BCUT2D eigenvalue weighted by molar-refractivity contribution is -0.123. The quantitative estimate of drug-likeness (QED) is 0.276. The van der Waals surface area contributed by atoms with E-state index in [1.807, 2.05) is 60.7 Å². The molecule has 0 aliphatic carbocycles. The van der Waals surface area contributed by atoms with Crippen molar-refractivity contribution in [1.82, 2.24) is 20.9 Å². The zero-order valence-electron chi connectivity index (χ0n) is 17.9. The minimum atomic E-state index is -3.90. The fraction of sp³-hybridized carbons (Fsp3) is 0.167. The largest absolute Gasteiger partial charge is 0.361 e. The second-order valence-electron chi connectivity index (χ2n) is 7.28. The Bertz CT molecular complexity index is 1140. The molecule has 4 N–H and O–H groups in total. The van der Waals surface area contributed by atoms with Crippen LogP contribution in [0, 0.1) is 0 Å². The fourth-order valence-electron chi connectivity index (χ4n) is 3.11. The zero-order valence-corrected chi connectivity index (χ0v) is 19.5. The van der Waals surface area contributed by atoms with E-state index >= 15 is 0 Å². The summed E-state index contributed by atoms with van der Waals surface area (Å²) in [4.78, 5) is 13.0. The molecule has 0 aliphatic rings. The highest BCUT2D eigenvalue weighted by Crippen LogP contribution is 2.11. The molecule has 7 nitrogen and oxygen atoms in total. The van der Waals surface area contributed by atoms with Crippen molar-refractivity contribution in [2.45, 2.75) is 23.8 Å². The lowest BCUT2D eigenvalue weighted by Crippen LogP contribution is -2.54. The van der Waals surface area contributed by atoms with Gasteiger partial charge in [-0.3, -0.25) is 15.6 Å². The second kappa shape index (κ2) is 12.1. The number of thiocarbonyl (C=S) groups is 1. The van der Waals surface area contributed by atoms with E-state index in [4.69, 9.17) is 12.2 Å². The predicted octanol–water partition coefficient (Wildman–Crippen LogP) is 2.31. The van der Waals surface area contributed by atoms with Gasteiger partial charge in [0, 0.05) is 6.54 Å². The maximum absolute atomic E-state index is 12.9. The molecule has 0 unspecified atom stereocenters. The van der Waals surface area contributed by atoms with Crippen LogP contribution < -0.4 is 20.9 Å². The summed E-state index contributed by atoms with van der Waals surface area (Å²) in [5.41, 5.74) is 7.13. The van der Waals surface area contributed by atoms with E-state index in [0.29, 0.717) is 6.54 Å². The van der Waals surface area contributed by atoms with Crippen LogP contribution in [-0.4, -0.2) is 32.0 Å². The molecule has 1 atom stereocenters. The smallest absolute Gasteiger partial charge is 0.256 e. The molecule has 33 heavy (non-hydrogen) atoms. The molecule has 172 valence electrons. The molecule has 9 heteroatoms. The van der Waals surface area contributed by atoms with Crippen LogP contribution in [0.1, 0.15) is 11.1 Å². The number of nitrogens with one attached hydrogen (secondary N) is 4. The minimum Gasteiger partial charge on any atom is -0.361 e. The van der Waals surface area contributed by atoms with Gasteiger partial charge in [0.2, 0.25) is 10.0 Å². The Hall–Kier alpha value is -3.27. The SMILES string of the molecule is O=C(NNC(=S)NCCc1ccccc1)[C@H](Cc1ccccc1)NS(=O)(=O)c1ccccc1. The number of hydrogen-bond donors (Lipinski definition) is 4. The third-order valence-electron chi connectivity index (χ3n) is 4.79. The van der Waals surface area contributed by atoms with Crippen molar-refractivity contribution in [3.05, 3.63) is 102 Å². The molecular formula is C24H26N4O3S2. The maximum Gasteiger partial charge on any atom is 0.256 e. The lowest BCUT2D eigenvalue weighted by atomic mass is 10.1. The Balaban J connectivity index is 1.59. The molecular weight excluding hydrogens is 456 g/mol. The molecule has 0 saturated carbocycles. The average Bonchev–Trinajstić information content (AvgIpc) is 2.84. The van der Waals surface area contributed by atoms with E-state index in [1.54, 1.807) is 18.2 Å². The van der Waals surface area contributed by atoms with E-state index in [0.717, 1.165) is 17.5 Å². The van der Waals surface area contributed by atoms with Gasteiger partial charge in [0.15, 0.2) is 5.11 Å². The molecule has 3 aromatic rings. The summed E-state index contributed by atoms with van der Waals surface area (Å²) in [5.74, 6) is -0.550. The van der Waals surface area contributed by atoms with Crippen molar-refractivity contribution >= 4 is 33.3 Å². The monoisotopic (exact) mass is 482 g/mol. The van der Waals surface area contributed by atoms with Crippen LogP contribution in [0.25, 0.3) is 0 Å². The summed E-state index contributed by atoms with van der Waals surface area (Å²) in [6, 6.07) is 26.0. The summed E-state index contributed by atoms with van der Waals surface area (Å²) in [5, 5.41) is 3.26. The molecule has 0 radical (unpaired) electrons. The molecule has 0 bridgehead atoms. The van der Waals surface area contributed by atoms with Crippen LogP contribution >= 0.6 is 12.2 Å². The second-order valence-corrected chi connectivity index (χ2v) is 9.40. The number of carbonyl (C=O) groups is 1. The van der Waals surface area contributed by atoms with Crippen molar-refractivity contribution in [1.29, 1.82) is 0 Å². The first kappa shape index (κ1) is 24.4. The third kappa shape index (κ3) is 7.98. The number of sulfonamides is 1. The van der Waals surface area contributed by atoms with E-state index < -0.39 is 22.0 Å². The number of benzene rings is 3. The molecule has 0 heterocycles. The van der Waals surface area contributed by atoms with Gasteiger partial charge < -0.3 is 5.32 Å². The van der Waals surface area contributed by atoms with E-state index in [1.165, 1.54) is 12.1 Å². The Labute approximate surface area is 199 Å². The first-order valence-electron chi connectivity index (χ1n) is 10.4. The Morgan fingerprint density at radius 2 is 1.33 bits per heavy atom. The van der Waals surface area contributed by atoms with Gasteiger partial charge in [-0.05, 0) is 48.3 Å². The number of rotatable bonds is 9. The summed E-state index contributed by atoms with van der Waals surface area (Å²) < 4.78 is 28.1. The van der Waals surface area contributed by atoms with Crippen molar-refractivity contribution in [3.8, 4) is 0 Å². The van der Waals surface area contributed by atoms with Crippen molar-refractivity contribution in [2.75, 3.05) is 6.54 Å². The summed E-state index contributed by atoms with van der Waals surface area (Å²) in [6.45, 7) is 0.583. The van der Waals surface area contributed by atoms with Gasteiger partial charge in [-0.1, -0.05) is 78.9 Å². The Kier molecular flexibility index (Phi) is 8.94. The van der Waals surface area contributed by atoms with Gasteiger partial charge in [-0.2, -0.15) is 4.72 Å². The third-order valence-corrected chi connectivity index (χ3v) is 6.53. The Morgan fingerprint density at radius 3 is 1.94 bits per heavy atom. The molecule has 0 spiro atoms. The summed E-state index contributed by atoms with van der Waals surface area (Å²) in [7, 11) is -3.90.